The van der Waals surface area contributed by atoms with E-state index in [9.17, 15) is 4.79 Å². The third kappa shape index (κ3) is 3.66. The van der Waals surface area contributed by atoms with Gasteiger partial charge in [-0.05, 0) is 37.0 Å². The second-order valence-corrected chi connectivity index (χ2v) is 5.10. The maximum Gasteiger partial charge on any atom is 0.255 e. The Hall–Kier alpha value is -1.16. The highest BCUT2D eigenvalue weighted by atomic mass is 32.2. The number of amides is 1. The van der Waals surface area contributed by atoms with E-state index in [2.05, 4.69) is 6.26 Å². The van der Waals surface area contributed by atoms with Crippen LogP contribution in [0, 0.1) is 6.92 Å². The zero-order chi connectivity index (χ0) is 12.8. The summed E-state index contributed by atoms with van der Waals surface area (Å²) >= 11 is 1.79. The van der Waals surface area contributed by atoms with E-state index >= 15 is 0 Å². The standard InChI is InChI=1S/C13H20N2OS/c1-10-6-4-7-11(14)12(10)13(16)15(2)8-5-9-17-3/h4,6-7H,5,8-9,14H2,1-3H3. The lowest BCUT2D eigenvalue weighted by Crippen LogP contribution is -2.29. The summed E-state index contributed by atoms with van der Waals surface area (Å²) < 4.78 is 0. The first-order valence-electron chi connectivity index (χ1n) is 5.67. The molecule has 0 saturated heterocycles. The largest absolute Gasteiger partial charge is 0.398 e. The van der Waals surface area contributed by atoms with Crippen LogP contribution in [0.25, 0.3) is 0 Å². The van der Waals surface area contributed by atoms with E-state index in [1.807, 2.05) is 26.1 Å². The van der Waals surface area contributed by atoms with Crippen molar-refractivity contribution in [1.29, 1.82) is 0 Å². The Kier molecular flexibility index (Phi) is 5.35. The van der Waals surface area contributed by atoms with Gasteiger partial charge in [0, 0.05) is 19.3 Å². The molecule has 0 heterocycles. The van der Waals surface area contributed by atoms with Crippen LogP contribution in [0.1, 0.15) is 22.3 Å². The molecule has 0 aliphatic rings. The van der Waals surface area contributed by atoms with E-state index in [-0.39, 0.29) is 5.91 Å². The number of nitrogen functional groups attached to an aromatic ring is 1. The molecular formula is C13H20N2OS. The van der Waals surface area contributed by atoms with Gasteiger partial charge in [-0.3, -0.25) is 4.79 Å². The number of carbonyl (C=O) groups excluding carboxylic acids is 1. The van der Waals surface area contributed by atoms with Crippen molar-refractivity contribution in [2.24, 2.45) is 0 Å². The van der Waals surface area contributed by atoms with Gasteiger partial charge in [-0.25, -0.2) is 0 Å². The van der Waals surface area contributed by atoms with Crippen molar-refractivity contribution < 1.29 is 4.79 Å². The predicted octanol–water partition coefficient (Wildman–Crippen LogP) is 2.40. The highest BCUT2D eigenvalue weighted by molar-refractivity contribution is 7.98. The first-order chi connectivity index (χ1) is 8.07. The highest BCUT2D eigenvalue weighted by Gasteiger charge is 2.16. The molecular weight excluding hydrogens is 232 g/mol. The molecule has 0 aliphatic carbocycles. The van der Waals surface area contributed by atoms with E-state index in [1.165, 1.54) is 0 Å². The van der Waals surface area contributed by atoms with Crippen LogP contribution in [0.5, 0.6) is 0 Å². The number of hydrogen-bond donors (Lipinski definition) is 1. The van der Waals surface area contributed by atoms with Crippen LogP contribution in [0.2, 0.25) is 0 Å². The minimum atomic E-state index is 0.0155. The lowest BCUT2D eigenvalue weighted by molar-refractivity contribution is 0.0796. The quantitative estimate of drug-likeness (QED) is 0.646. The van der Waals surface area contributed by atoms with Gasteiger partial charge in [0.2, 0.25) is 0 Å². The number of nitrogens with two attached hydrogens (primary N) is 1. The van der Waals surface area contributed by atoms with Crippen LogP contribution in [-0.4, -0.2) is 36.4 Å². The second-order valence-electron chi connectivity index (χ2n) is 4.11. The fourth-order valence-corrected chi connectivity index (χ4v) is 2.14. The van der Waals surface area contributed by atoms with Gasteiger partial charge in [0.25, 0.3) is 5.91 Å². The molecule has 0 aliphatic heterocycles. The van der Waals surface area contributed by atoms with Crippen LogP contribution >= 0.6 is 11.8 Å². The fraction of sp³-hybridized carbons (Fsp3) is 0.462. The van der Waals surface area contributed by atoms with E-state index < -0.39 is 0 Å². The molecule has 4 heteroatoms. The summed E-state index contributed by atoms with van der Waals surface area (Å²) in [6, 6.07) is 5.56. The van der Waals surface area contributed by atoms with Gasteiger partial charge < -0.3 is 10.6 Å². The fourth-order valence-electron chi connectivity index (χ4n) is 1.72. The molecule has 0 unspecified atom stereocenters. The number of carbonyl (C=O) groups is 1. The van der Waals surface area contributed by atoms with Crippen molar-refractivity contribution in [3.8, 4) is 0 Å². The molecule has 1 rings (SSSR count). The molecule has 0 fully saturated rings. The molecule has 1 aromatic carbocycles. The Balaban J connectivity index is 2.75. The molecule has 0 spiro atoms. The molecule has 2 N–H and O–H groups in total. The summed E-state index contributed by atoms with van der Waals surface area (Å²) in [6.07, 6.45) is 3.08. The van der Waals surface area contributed by atoms with Gasteiger partial charge in [-0.15, -0.1) is 0 Å². The third-order valence-electron chi connectivity index (χ3n) is 2.71. The summed E-state index contributed by atoms with van der Waals surface area (Å²) in [5.41, 5.74) is 8.00. The van der Waals surface area contributed by atoms with Gasteiger partial charge in [-0.1, -0.05) is 12.1 Å². The maximum atomic E-state index is 12.2. The Bertz CT molecular complexity index is 373. The monoisotopic (exact) mass is 252 g/mol. The van der Waals surface area contributed by atoms with Crippen LogP contribution in [0.4, 0.5) is 5.69 Å². The van der Waals surface area contributed by atoms with Gasteiger partial charge >= 0.3 is 0 Å². The lowest BCUT2D eigenvalue weighted by Gasteiger charge is -2.19. The molecule has 94 valence electrons. The van der Waals surface area contributed by atoms with Crippen molar-refractivity contribution in [3.05, 3.63) is 29.3 Å². The number of hydrogen-bond acceptors (Lipinski definition) is 3. The van der Waals surface area contributed by atoms with Gasteiger partial charge in [0.05, 0.1) is 5.56 Å². The van der Waals surface area contributed by atoms with Crippen LogP contribution < -0.4 is 5.73 Å². The minimum Gasteiger partial charge on any atom is -0.398 e. The van der Waals surface area contributed by atoms with Gasteiger partial charge in [0.15, 0.2) is 0 Å². The summed E-state index contributed by atoms with van der Waals surface area (Å²) in [5, 5.41) is 0. The first-order valence-corrected chi connectivity index (χ1v) is 7.06. The van der Waals surface area contributed by atoms with Crippen molar-refractivity contribution >= 4 is 23.4 Å². The second kappa shape index (κ2) is 6.55. The molecule has 1 aromatic rings. The van der Waals surface area contributed by atoms with E-state index in [0.29, 0.717) is 11.3 Å². The normalized spacial score (nSPS) is 10.3. The van der Waals surface area contributed by atoms with Crippen molar-refractivity contribution in [3.63, 3.8) is 0 Å². The van der Waals surface area contributed by atoms with Gasteiger partial charge in [0.1, 0.15) is 0 Å². The molecule has 0 radical (unpaired) electrons. The third-order valence-corrected chi connectivity index (χ3v) is 3.40. The Morgan fingerprint density at radius 2 is 2.18 bits per heavy atom. The summed E-state index contributed by atoms with van der Waals surface area (Å²) in [7, 11) is 1.83. The lowest BCUT2D eigenvalue weighted by atomic mass is 10.1. The Labute approximate surface area is 107 Å². The molecule has 3 nitrogen and oxygen atoms in total. The number of nitrogens with zero attached hydrogens (tertiary/aromatic N) is 1. The minimum absolute atomic E-state index is 0.0155. The summed E-state index contributed by atoms with van der Waals surface area (Å²) in [5.74, 6) is 1.09. The van der Waals surface area contributed by atoms with Crippen molar-refractivity contribution in [2.45, 2.75) is 13.3 Å². The number of anilines is 1. The molecule has 0 atom stereocenters. The average molecular weight is 252 g/mol. The SMILES string of the molecule is CSCCCN(C)C(=O)c1c(C)cccc1N. The highest BCUT2D eigenvalue weighted by Crippen LogP contribution is 2.18. The summed E-state index contributed by atoms with van der Waals surface area (Å²) in [6.45, 7) is 2.69. The zero-order valence-electron chi connectivity index (χ0n) is 10.7. The number of thioether (sulfide) groups is 1. The first kappa shape index (κ1) is 13.9. The molecule has 0 saturated carbocycles. The molecule has 1 amide bonds. The van der Waals surface area contributed by atoms with E-state index in [0.717, 1.165) is 24.3 Å². The molecule has 0 bridgehead atoms. The van der Waals surface area contributed by atoms with E-state index in [4.69, 9.17) is 5.73 Å². The van der Waals surface area contributed by atoms with Crippen molar-refractivity contribution in [2.75, 3.05) is 31.3 Å². The zero-order valence-corrected chi connectivity index (χ0v) is 11.5. The molecule has 0 aromatic heterocycles. The topological polar surface area (TPSA) is 46.3 Å². The predicted molar refractivity (Wildman–Crippen MR) is 75.6 cm³/mol. The maximum absolute atomic E-state index is 12.2. The van der Waals surface area contributed by atoms with Gasteiger partial charge in [-0.2, -0.15) is 11.8 Å². The number of aryl methyl sites for hydroxylation is 1. The smallest absolute Gasteiger partial charge is 0.255 e. The van der Waals surface area contributed by atoms with Crippen molar-refractivity contribution in [1.82, 2.24) is 4.90 Å². The van der Waals surface area contributed by atoms with Crippen LogP contribution in [-0.2, 0) is 0 Å². The average Bonchev–Trinajstić information content (AvgIpc) is 2.28. The Morgan fingerprint density at radius 3 is 2.76 bits per heavy atom. The van der Waals surface area contributed by atoms with Crippen LogP contribution in [0.3, 0.4) is 0 Å². The number of rotatable bonds is 5. The van der Waals surface area contributed by atoms with E-state index in [1.54, 1.807) is 22.7 Å². The summed E-state index contributed by atoms with van der Waals surface area (Å²) in [4.78, 5) is 14.0. The number of benzene rings is 1. The molecule has 17 heavy (non-hydrogen) atoms. The Morgan fingerprint density at radius 1 is 1.47 bits per heavy atom. The van der Waals surface area contributed by atoms with Crippen LogP contribution in [0.15, 0.2) is 18.2 Å².